The SMILES string of the molecule is Oc1ccc2ccccc2c1-c1ccc(Br)c2ccccc12. The van der Waals surface area contributed by atoms with E-state index in [9.17, 15) is 5.11 Å². The van der Waals surface area contributed by atoms with Gasteiger partial charge in [0.15, 0.2) is 0 Å². The first-order valence-electron chi connectivity index (χ1n) is 7.14. The molecule has 0 aromatic heterocycles. The van der Waals surface area contributed by atoms with E-state index in [2.05, 4.69) is 46.3 Å². The first-order valence-corrected chi connectivity index (χ1v) is 7.93. The summed E-state index contributed by atoms with van der Waals surface area (Å²) in [6, 6.07) is 24.2. The average molecular weight is 349 g/mol. The second-order valence-corrected chi connectivity index (χ2v) is 6.18. The minimum Gasteiger partial charge on any atom is -0.507 e. The maximum atomic E-state index is 10.5. The molecule has 1 nitrogen and oxygen atoms in total. The van der Waals surface area contributed by atoms with Crippen molar-refractivity contribution in [1.82, 2.24) is 0 Å². The van der Waals surface area contributed by atoms with Crippen LogP contribution in [0.3, 0.4) is 0 Å². The summed E-state index contributed by atoms with van der Waals surface area (Å²) in [6.07, 6.45) is 0. The summed E-state index contributed by atoms with van der Waals surface area (Å²) in [7, 11) is 0. The summed E-state index contributed by atoms with van der Waals surface area (Å²) >= 11 is 3.61. The van der Waals surface area contributed by atoms with Gasteiger partial charge in [-0.25, -0.2) is 0 Å². The molecule has 4 aromatic carbocycles. The Balaban J connectivity index is 2.17. The Morgan fingerprint density at radius 3 is 2.14 bits per heavy atom. The van der Waals surface area contributed by atoms with Crippen LogP contribution in [0.2, 0.25) is 0 Å². The smallest absolute Gasteiger partial charge is 0.124 e. The average Bonchev–Trinajstić information content (AvgIpc) is 2.56. The largest absolute Gasteiger partial charge is 0.507 e. The molecule has 0 saturated heterocycles. The maximum Gasteiger partial charge on any atom is 0.124 e. The van der Waals surface area contributed by atoms with E-state index in [4.69, 9.17) is 0 Å². The van der Waals surface area contributed by atoms with Crippen molar-refractivity contribution in [3.63, 3.8) is 0 Å². The number of aromatic hydroxyl groups is 1. The Labute approximate surface area is 137 Å². The zero-order chi connectivity index (χ0) is 15.1. The van der Waals surface area contributed by atoms with Crippen molar-refractivity contribution >= 4 is 37.5 Å². The van der Waals surface area contributed by atoms with Crippen molar-refractivity contribution in [2.45, 2.75) is 0 Å². The number of hydrogen-bond acceptors (Lipinski definition) is 1. The van der Waals surface area contributed by atoms with Crippen molar-refractivity contribution in [1.29, 1.82) is 0 Å². The summed E-state index contributed by atoms with van der Waals surface area (Å²) in [6.45, 7) is 0. The van der Waals surface area contributed by atoms with Gasteiger partial charge in [-0.05, 0) is 39.2 Å². The fraction of sp³-hybridized carbons (Fsp3) is 0. The summed E-state index contributed by atoms with van der Waals surface area (Å²) in [5.74, 6) is 0.311. The number of benzene rings is 4. The third-order valence-electron chi connectivity index (χ3n) is 4.05. The molecule has 4 rings (SSSR count). The van der Waals surface area contributed by atoms with Crippen molar-refractivity contribution in [3.8, 4) is 16.9 Å². The van der Waals surface area contributed by atoms with E-state index in [0.717, 1.165) is 37.1 Å². The normalized spacial score (nSPS) is 11.1. The third-order valence-corrected chi connectivity index (χ3v) is 4.74. The highest BCUT2D eigenvalue weighted by Crippen LogP contribution is 2.41. The van der Waals surface area contributed by atoms with Crippen LogP contribution < -0.4 is 0 Å². The molecule has 0 aliphatic carbocycles. The standard InChI is InChI=1S/C20H13BrO/c21-18-11-10-17(15-7-3-4-8-16(15)18)20-14-6-2-1-5-13(14)9-12-19(20)22/h1-12,22H. The predicted octanol–water partition coefficient (Wildman–Crippen LogP) is 6.13. The predicted molar refractivity (Wildman–Crippen MR) is 96.3 cm³/mol. The van der Waals surface area contributed by atoms with Gasteiger partial charge in [0.2, 0.25) is 0 Å². The van der Waals surface area contributed by atoms with Crippen LogP contribution in [0.25, 0.3) is 32.7 Å². The molecule has 2 heteroatoms. The molecule has 0 atom stereocenters. The minimum absolute atomic E-state index is 0.311. The molecule has 0 aliphatic heterocycles. The fourth-order valence-electron chi connectivity index (χ4n) is 3.02. The topological polar surface area (TPSA) is 20.2 Å². The summed E-state index contributed by atoms with van der Waals surface area (Å²) in [5.41, 5.74) is 1.94. The lowest BCUT2D eigenvalue weighted by molar-refractivity contribution is 0.478. The lowest BCUT2D eigenvalue weighted by Crippen LogP contribution is -1.86. The zero-order valence-electron chi connectivity index (χ0n) is 11.8. The van der Waals surface area contributed by atoms with Gasteiger partial charge in [-0.2, -0.15) is 0 Å². The maximum absolute atomic E-state index is 10.5. The quantitative estimate of drug-likeness (QED) is 0.438. The molecule has 0 fully saturated rings. The highest BCUT2D eigenvalue weighted by atomic mass is 79.9. The van der Waals surface area contributed by atoms with Crippen LogP contribution >= 0.6 is 15.9 Å². The zero-order valence-corrected chi connectivity index (χ0v) is 13.3. The highest BCUT2D eigenvalue weighted by Gasteiger charge is 2.13. The first kappa shape index (κ1) is 13.4. The highest BCUT2D eigenvalue weighted by molar-refractivity contribution is 9.10. The number of rotatable bonds is 1. The lowest BCUT2D eigenvalue weighted by Gasteiger charge is -2.13. The molecule has 0 aliphatic rings. The molecule has 0 heterocycles. The van der Waals surface area contributed by atoms with E-state index < -0.39 is 0 Å². The van der Waals surface area contributed by atoms with Gasteiger partial charge in [0, 0.05) is 10.0 Å². The minimum atomic E-state index is 0.311. The van der Waals surface area contributed by atoms with Gasteiger partial charge in [0.25, 0.3) is 0 Å². The van der Waals surface area contributed by atoms with Crippen LogP contribution in [0.1, 0.15) is 0 Å². The van der Waals surface area contributed by atoms with Crippen molar-refractivity contribution in [3.05, 3.63) is 77.3 Å². The van der Waals surface area contributed by atoms with Crippen molar-refractivity contribution < 1.29 is 5.11 Å². The number of fused-ring (bicyclic) bond motifs is 2. The van der Waals surface area contributed by atoms with E-state index in [1.165, 1.54) is 0 Å². The number of hydrogen-bond donors (Lipinski definition) is 1. The lowest BCUT2D eigenvalue weighted by atomic mass is 9.93. The second-order valence-electron chi connectivity index (χ2n) is 5.32. The van der Waals surface area contributed by atoms with E-state index >= 15 is 0 Å². The van der Waals surface area contributed by atoms with Crippen LogP contribution in [-0.4, -0.2) is 5.11 Å². The molecule has 0 saturated carbocycles. The van der Waals surface area contributed by atoms with Crippen LogP contribution in [0, 0.1) is 0 Å². The molecule has 0 spiro atoms. The first-order chi connectivity index (χ1) is 10.8. The van der Waals surface area contributed by atoms with Gasteiger partial charge in [-0.15, -0.1) is 0 Å². The molecule has 0 unspecified atom stereocenters. The van der Waals surface area contributed by atoms with Crippen LogP contribution in [0.4, 0.5) is 0 Å². The Bertz CT molecular complexity index is 1000. The molecule has 22 heavy (non-hydrogen) atoms. The van der Waals surface area contributed by atoms with E-state index in [1.807, 2.05) is 36.4 Å². The van der Waals surface area contributed by atoms with Gasteiger partial charge < -0.3 is 5.11 Å². The monoisotopic (exact) mass is 348 g/mol. The summed E-state index contributed by atoms with van der Waals surface area (Å²) in [5, 5.41) is 14.9. The molecular weight excluding hydrogens is 336 g/mol. The van der Waals surface area contributed by atoms with E-state index in [0.29, 0.717) is 5.75 Å². The second kappa shape index (κ2) is 5.15. The van der Waals surface area contributed by atoms with E-state index in [1.54, 1.807) is 6.07 Å². The van der Waals surface area contributed by atoms with Crippen LogP contribution in [0.5, 0.6) is 5.75 Å². The number of phenolic OH excluding ortho intramolecular Hbond substituents is 1. The molecule has 0 radical (unpaired) electrons. The van der Waals surface area contributed by atoms with Gasteiger partial charge in [-0.1, -0.05) is 76.6 Å². The summed E-state index contributed by atoms with van der Waals surface area (Å²) < 4.78 is 1.06. The Morgan fingerprint density at radius 1 is 0.636 bits per heavy atom. The van der Waals surface area contributed by atoms with E-state index in [-0.39, 0.29) is 0 Å². The van der Waals surface area contributed by atoms with Crippen molar-refractivity contribution in [2.24, 2.45) is 0 Å². The van der Waals surface area contributed by atoms with Crippen LogP contribution in [-0.2, 0) is 0 Å². The summed E-state index contributed by atoms with van der Waals surface area (Å²) in [4.78, 5) is 0. The third kappa shape index (κ3) is 1.99. The molecule has 4 aromatic rings. The molecule has 1 N–H and O–H groups in total. The molecule has 0 bridgehead atoms. The fourth-order valence-corrected chi connectivity index (χ4v) is 3.50. The molecular formula is C20H13BrO. The van der Waals surface area contributed by atoms with Gasteiger partial charge in [-0.3, -0.25) is 0 Å². The van der Waals surface area contributed by atoms with Gasteiger partial charge >= 0.3 is 0 Å². The Hall–Kier alpha value is -2.32. The van der Waals surface area contributed by atoms with Crippen LogP contribution in [0.15, 0.2) is 77.3 Å². The van der Waals surface area contributed by atoms with Gasteiger partial charge in [0.05, 0.1) is 0 Å². The number of phenols is 1. The van der Waals surface area contributed by atoms with Gasteiger partial charge in [0.1, 0.15) is 5.75 Å². The molecule has 0 amide bonds. The van der Waals surface area contributed by atoms with Crippen molar-refractivity contribution in [2.75, 3.05) is 0 Å². The number of halogens is 1. The Kier molecular flexibility index (Phi) is 3.12. The Morgan fingerprint density at radius 2 is 1.32 bits per heavy atom. The molecule has 106 valence electrons.